The molecule has 5 heteroatoms. The van der Waals surface area contributed by atoms with E-state index in [4.69, 9.17) is 0 Å². The topological polar surface area (TPSA) is 61.4 Å². The predicted octanol–water partition coefficient (Wildman–Crippen LogP) is 3.21. The number of hydrogen-bond donors (Lipinski definition) is 2. The number of rotatable bonds is 6. The van der Waals surface area contributed by atoms with Gasteiger partial charge in [0.1, 0.15) is 0 Å². The quantitative estimate of drug-likeness (QED) is 0.771. The van der Waals surface area contributed by atoms with Gasteiger partial charge in [-0.1, -0.05) is 32.9 Å². The molecule has 0 radical (unpaired) electrons. The van der Waals surface area contributed by atoms with Gasteiger partial charge in [0.05, 0.1) is 0 Å². The van der Waals surface area contributed by atoms with E-state index in [1.807, 2.05) is 55.4 Å². The van der Waals surface area contributed by atoms with Crippen molar-refractivity contribution in [3.63, 3.8) is 0 Å². The van der Waals surface area contributed by atoms with Crippen LogP contribution in [0.1, 0.15) is 47.1 Å². The van der Waals surface area contributed by atoms with Crippen LogP contribution in [-0.2, 0) is 5.41 Å². The molecule has 144 valence electrons. The van der Waals surface area contributed by atoms with Crippen molar-refractivity contribution < 1.29 is 9.59 Å². The SMILES string of the molecule is CN(C)c1ccc(C(=O)NCCNC(=O)c2ccc(C(C)(C)C)cc2)cc1. The first kappa shape index (κ1) is 20.5. The molecule has 27 heavy (non-hydrogen) atoms. The van der Waals surface area contributed by atoms with E-state index in [0.717, 1.165) is 5.69 Å². The summed E-state index contributed by atoms with van der Waals surface area (Å²) in [5.74, 6) is -0.288. The molecule has 0 atom stereocenters. The Kier molecular flexibility index (Phi) is 6.61. The maximum absolute atomic E-state index is 12.2. The van der Waals surface area contributed by atoms with Gasteiger partial charge in [-0.25, -0.2) is 0 Å². The molecule has 0 aliphatic rings. The second-order valence-electron chi connectivity index (χ2n) is 7.78. The molecule has 0 heterocycles. The van der Waals surface area contributed by atoms with E-state index in [1.165, 1.54) is 5.56 Å². The van der Waals surface area contributed by atoms with Crippen molar-refractivity contribution in [2.24, 2.45) is 0 Å². The molecule has 0 spiro atoms. The highest BCUT2D eigenvalue weighted by Gasteiger charge is 2.14. The van der Waals surface area contributed by atoms with Crippen molar-refractivity contribution in [2.45, 2.75) is 26.2 Å². The Morgan fingerprint density at radius 3 is 1.56 bits per heavy atom. The number of hydrogen-bond acceptors (Lipinski definition) is 3. The minimum Gasteiger partial charge on any atom is -0.378 e. The lowest BCUT2D eigenvalue weighted by atomic mass is 9.87. The molecule has 2 amide bonds. The molecular weight excluding hydrogens is 338 g/mol. The molecule has 0 aromatic heterocycles. The summed E-state index contributed by atoms with van der Waals surface area (Å²) >= 11 is 0. The van der Waals surface area contributed by atoms with Gasteiger partial charge in [0.2, 0.25) is 0 Å². The Morgan fingerprint density at radius 2 is 1.19 bits per heavy atom. The monoisotopic (exact) mass is 367 g/mol. The number of amides is 2. The average molecular weight is 367 g/mol. The van der Waals surface area contributed by atoms with Crippen LogP contribution in [0.25, 0.3) is 0 Å². The maximum Gasteiger partial charge on any atom is 0.251 e. The molecule has 2 rings (SSSR count). The molecule has 0 aliphatic heterocycles. The second-order valence-corrected chi connectivity index (χ2v) is 7.78. The van der Waals surface area contributed by atoms with Crippen LogP contribution in [-0.4, -0.2) is 39.0 Å². The van der Waals surface area contributed by atoms with E-state index in [9.17, 15) is 9.59 Å². The fourth-order valence-corrected chi connectivity index (χ4v) is 2.59. The zero-order valence-electron chi connectivity index (χ0n) is 16.8. The van der Waals surface area contributed by atoms with Crippen LogP contribution in [0.5, 0.6) is 0 Å². The highest BCUT2D eigenvalue weighted by Crippen LogP contribution is 2.22. The number of benzene rings is 2. The van der Waals surface area contributed by atoms with Crippen molar-refractivity contribution in [1.29, 1.82) is 0 Å². The summed E-state index contributed by atoms with van der Waals surface area (Å²) in [4.78, 5) is 26.3. The van der Waals surface area contributed by atoms with Gasteiger partial charge >= 0.3 is 0 Å². The lowest BCUT2D eigenvalue weighted by Crippen LogP contribution is -2.34. The number of carbonyl (C=O) groups is 2. The minimum absolute atomic E-state index is 0.0596. The second kappa shape index (κ2) is 8.71. The smallest absolute Gasteiger partial charge is 0.251 e. The van der Waals surface area contributed by atoms with E-state index in [0.29, 0.717) is 24.2 Å². The third kappa shape index (κ3) is 5.84. The van der Waals surface area contributed by atoms with Gasteiger partial charge in [-0.2, -0.15) is 0 Å². The minimum atomic E-state index is -0.149. The molecule has 0 saturated heterocycles. The highest BCUT2D eigenvalue weighted by atomic mass is 16.2. The summed E-state index contributed by atoms with van der Waals surface area (Å²) in [6, 6.07) is 15.0. The van der Waals surface area contributed by atoms with Gasteiger partial charge in [-0.05, 0) is 47.4 Å². The molecular formula is C22H29N3O2. The van der Waals surface area contributed by atoms with Crippen molar-refractivity contribution >= 4 is 17.5 Å². The Labute approximate surface area is 161 Å². The van der Waals surface area contributed by atoms with Gasteiger partial charge in [0, 0.05) is 44.0 Å². The summed E-state index contributed by atoms with van der Waals surface area (Å²) in [5, 5.41) is 5.64. The molecule has 2 N–H and O–H groups in total. The zero-order chi connectivity index (χ0) is 20.0. The first-order chi connectivity index (χ1) is 12.7. The Morgan fingerprint density at radius 1 is 0.778 bits per heavy atom. The number of carbonyl (C=O) groups excluding carboxylic acids is 2. The van der Waals surface area contributed by atoms with Crippen LogP contribution in [0.2, 0.25) is 0 Å². The van der Waals surface area contributed by atoms with Crippen molar-refractivity contribution in [3.8, 4) is 0 Å². The van der Waals surface area contributed by atoms with Crippen LogP contribution in [0, 0.1) is 0 Å². The standard InChI is InChI=1S/C22H29N3O2/c1-22(2,3)18-10-6-16(7-11-18)20(26)23-14-15-24-21(27)17-8-12-19(13-9-17)25(4)5/h6-13H,14-15H2,1-5H3,(H,23,26)(H,24,27). The van der Waals surface area contributed by atoms with Crippen LogP contribution in [0.3, 0.4) is 0 Å². The van der Waals surface area contributed by atoms with Crippen molar-refractivity contribution in [2.75, 3.05) is 32.1 Å². The third-order valence-electron chi connectivity index (χ3n) is 4.36. The van der Waals surface area contributed by atoms with Crippen LogP contribution in [0.15, 0.2) is 48.5 Å². The average Bonchev–Trinajstić information content (AvgIpc) is 2.64. The summed E-state index contributed by atoms with van der Waals surface area (Å²) in [5.41, 5.74) is 3.51. The summed E-state index contributed by atoms with van der Waals surface area (Å²) in [6.45, 7) is 7.16. The van der Waals surface area contributed by atoms with Crippen LogP contribution >= 0.6 is 0 Å². The van der Waals surface area contributed by atoms with Gasteiger partial charge in [0.25, 0.3) is 11.8 Å². The first-order valence-electron chi connectivity index (χ1n) is 9.13. The Balaban J connectivity index is 1.78. The Bertz CT molecular complexity index is 773. The van der Waals surface area contributed by atoms with E-state index < -0.39 is 0 Å². The molecule has 0 bridgehead atoms. The van der Waals surface area contributed by atoms with E-state index >= 15 is 0 Å². The number of nitrogens with one attached hydrogen (secondary N) is 2. The van der Waals surface area contributed by atoms with Gasteiger partial charge < -0.3 is 15.5 Å². The summed E-state index contributed by atoms with van der Waals surface area (Å²) in [7, 11) is 3.91. The molecule has 5 nitrogen and oxygen atoms in total. The molecule has 2 aromatic carbocycles. The number of anilines is 1. The zero-order valence-corrected chi connectivity index (χ0v) is 16.8. The van der Waals surface area contributed by atoms with Gasteiger partial charge in [-0.3, -0.25) is 9.59 Å². The summed E-state index contributed by atoms with van der Waals surface area (Å²) < 4.78 is 0. The molecule has 0 aliphatic carbocycles. The van der Waals surface area contributed by atoms with E-state index in [2.05, 4.69) is 31.4 Å². The van der Waals surface area contributed by atoms with Crippen molar-refractivity contribution in [1.82, 2.24) is 10.6 Å². The highest BCUT2D eigenvalue weighted by molar-refractivity contribution is 5.95. The molecule has 2 aromatic rings. The van der Waals surface area contributed by atoms with Crippen LogP contribution in [0.4, 0.5) is 5.69 Å². The lowest BCUT2D eigenvalue weighted by Gasteiger charge is -2.19. The molecule has 0 unspecified atom stereocenters. The van der Waals surface area contributed by atoms with Gasteiger partial charge in [-0.15, -0.1) is 0 Å². The van der Waals surface area contributed by atoms with E-state index in [-0.39, 0.29) is 17.2 Å². The lowest BCUT2D eigenvalue weighted by molar-refractivity contribution is 0.0927. The molecule has 0 saturated carbocycles. The number of nitrogens with zero attached hydrogens (tertiary/aromatic N) is 1. The fraction of sp³-hybridized carbons (Fsp3) is 0.364. The van der Waals surface area contributed by atoms with Crippen molar-refractivity contribution in [3.05, 3.63) is 65.2 Å². The largest absolute Gasteiger partial charge is 0.378 e. The normalized spacial score (nSPS) is 11.0. The summed E-state index contributed by atoms with van der Waals surface area (Å²) in [6.07, 6.45) is 0. The predicted molar refractivity (Wildman–Crippen MR) is 111 cm³/mol. The van der Waals surface area contributed by atoms with E-state index in [1.54, 1.807) is 12.1 Å². The fourth-order valence-electron chi connectivity index (χ4n) is 2.59. The third-order valence-corrected chi connectivity index (χ3v) is 4.36. The molecule has 0 fully saturated rings. The Hall–Kier alpha value is -2.82. The maximum atomic E-state index is 12.2. The first-order valence-corrected chi connectivity index (χ1v) is 9.13. The van der Waals surface area contributed by atoms with Crippen LogP contribution < -0.4 is 15.5 Å². The van der Waals surface area contributed by atoms with Gasteiger partial charge in [0.15, 0.2) is 0 Å².